The molecule has 0 aliphatic carbocycles. The van der Waals surface area contributed by atoms with Gasteiger partial charge in [-0.3, -0.25) is 9.59 Å². The van der Waals surface area contributed by atoms with Gasteiger partial charge in [0.05, 0.1) is 19.3 Å². The van der Waals surface area contributed by atoms with Crippen LogP contribution in [0.4, 0.5) is 0 Å². The number of unbranched alkanes of at least 4 members (excludes halogenated alkanes) is 16. The first-order chi connectivity index (χ1) is 26.5. The summed E-state index contributed by atoms with van der Waals surface area (Å²) in [5.74, 6) is 1.42. The Labute approximate surface area is 337 Å². The van der Waals surface area contributed by atoms with E-state index < -0.39 is 0 Å². The van der Waals surface area contributed by atoms with E-state index in [2.05, 4.69) is 39.9 Å². The topological polar surface area (TPSA) is 73.9 Å². The van der Waals surface area contributed by atoms with Gasteiger partial charge in [-0.25, -0.2) is 0 Å². The molecule has 0 heterocycles. The standard InChI is InChI=1S/C48H95NO5/c1-6-11-21-30-44(31-22-12-7-2)38-42-53-47(50)36-27-19-15-17-25-34-46(52-41-29-40-49-10-5)35-26-18-16-20-28-37-48(51)54-43-39-45(32-23-13-8-3)33-24-14-9-4/h44-46,49H,6-43H2,1-5H3. The van der Waals surface area contributed by atoms with Crippen molar-refractivity contribution in [2.45, 2.75) is 253 Å². The summed E-state index contributed by atoms with van der Waals surface area (Å²) >= 11 is 0. The number of hydrogen-bond donors (Lipinski definition) is 1. The molecule has 0 unspecified atom stereocenters. The smallest absolute Gasteiger partial charge is 0.305 e. The molecule has 0 aliphatic heterocycles. The van der Waals surface area contributed by atoms with Gasteiger partial charge in [-0.1, -0.05) is 189 Å². The van der Waals surface area contributed by atoms with Gasteiger partial charge in [0.2, 0.25) is 0 Å². The second-order valence-electron chi connectivity index (χ2n) is 16.5. The maximum absolute atomic E-state index is 12.4. The van der Waals surface area contributed by atoms with Crippen LogP contribution in [0.3, 0.4) is 0 Å². The number of rotatable bonds is 44. The Kier molecular flexibility index (Phi) is 42.1. The van der Waals surface area contributed by atoms with E-state index in [1.54, 1.807) is 0 Å². The SMILES string of the molecule is CCCCCC(CCCCC)CCOC(=O)CCCCCCCC(CCCCCCCC(=O)OCCC(CCCCC)CCCCC)OCCCNCC. The third-order valence-corrected chi connectivity index (χ3v) is 11.4. The van der Waals surface area contributed by atoms with Gasteiger partial charge in [0.15, 0.2) is 0 Å². The average Bonchev–Trinajstić information content (AvgIpc) is 3.16. The Hall–Kier alpha value is -1.14. The molecular weight excluding hydrogens is 671 g/mol. The Balaban J connectivity index is 4.17. The summed E-state index contributed by atoms with van der Waals surface area (Å²) in [6, 6.07) is 0. The second-order valence-corrected chi connectivity index (χ2v) is 16.5. The summed E-state index contributed by atoms with van der Waals surface area (Å²) in [5.41, 5.74) is 0. The number of carbonyl (C=O) groups excluding carboxylic acids is 2. The maximum Gasteiger partial charge on any atom is 0.305 e. The lowest BCUT2D eigenvalue weighted by atomic mass is 9.92. The first-order valence-corrected chi connectivity index (χ1v) is 24.1. The van der Waals surface area contributed by atoms with Crippen LogP contribution in [0, 0.1) is 11.8 Å². The summed E-state index contributed by atoms with van der Waals surface area (Å²) in [6.07, 6.45) is 38.8. The molecule has 0 bridgehead atoms. The molecule has 0 fully saturated rings. The van der Waals surface area contributed by atoms with Crippen LogP contribution in [-0.2, 0) is 23.8 Å². The fourth-order valence-electron chi connectivity index (χ4n) is 7.70. The molecule has 54 heavy (non-hydrogen) atoms. The van der Waals surface area contributed by atoms with Gasteiger partial charge in [-0.15, -0.1) is 0 Å². The van der Waals surface area contributed by atoms with Crippen molar-refractivity contribution < 1.29 is 23.8 Å². The zero-order valence-electron chi connectivity index (χ0n) is 37.1. The number of hydrogen-bond acceptors (Lipinski definition) is 6. The number of carbonyl (C=O) groups is 2. The summed E-state index contributed by atoms with van der Waals surface area (Å²) in [5, 5.41) is 3.40. The van der Waals surface area contributed by atoms with Crippen LogP contribution >= 0.6 is 0 Å². The highest BCUT2D eigenvalue weighted by molar-refractivity contribution is 5.69. The summed E-state index contributed by atoms with van der Waals surface area (Å²) in [7, 11) is 0. The summed E-state index contributed by atoms with van der Waals surface area (Å²) in [4.78, 5) is 24.7. The molecule has 0 aromatic heterocycles. The third-order valence-electron chi connectivity index (χ3n) is 11.4. The molecule has 0 aliphatic rings. The van der Waals surface area contributed by atoms with Crippen molar-refractivity contribution in [1.82, 2.24) is 5.32 Å². The van der Waals surface area contributed by atoms with Crippen LogP contribution in [0.2, 0.25) is 0 Å². The Morgan fingerprint density at radius 1 is 0.407 bits per heavy atom. The number of nitrogens with one attached hydrogen (secondary N) is 1. The lowest BCUT2D eigenvalue weighted by Gasteiger charge is -2.18. The first kappa shape index (κ1) is 52.9. The minimum absolute atomic E-state index is 0.00323. The highest BCUT2D eigenvalue weighted by Crippen LogP contribution is 2.23. The van der Waals surface area contributed by atoms with Gasteiger partial charge >= 0.3 is 11.9 Å². The molecule has 0 amide bonds. The highest BCUT2D eigenvalue weighted by Gasteiger charge is 2.13. The molecule has 0 aromatic carbocycles. The fourth-order valence-corrected chi connectivity index (χ4v) is 7.70. The van der Waals surface area contributed by atoms with E-state index in [0.29, 0.717) is 44.0 Å². The van der Waals surface area contributed by atoms with E-state index in [-0.39, 0.29) is 11.9 Å². The molecule has 0 atom stereocenters. The summed E-state index contributed by atoms with van der Waals surface area (Å²) < 4.78 is 17.7. The number of esters is 2. The Morgan fingerprint density at radius 3 is 1.17 bits per heavy atom. The molecule has 0 spiro atoms. The lowest BCUT2D eigenvalue weighted by Crippen LogP contribution is -2.19. The van der Waals surface area contributed by atoms with E-state index in [1.807, 2.05) is 0 Å². The van der Waals surface area contributed by atoms with E-state index in [4.69, 9.17) is 14.2 Å². The minimum Gasteiger partial charge on any atom is -0.466 e. The summed E-state index contributed by atoms with van der Waals surface area (Å²) in [6.45, 7) is 15.3. The van der Waals surface area contributed by atoms with Gasteiger partial charge in [-0.05, 0) is 69.9 Å². The van der Waals surface area contributed by atoms with Crippen molar-refractivity contribution in [3.8, 4) is 0 Å². The normalized spacial score (nSPS) is 11.7. The Morgan fingerprint density at radius 2 is 0.778 bits per heavy atom. The first-order valence-electron chi connectivity index (χ1n) is 24.1. The fraction of sp³-hybridized carbons (Fsp3) is 0.958. The predicted octanol–water partition coefficient (Wildman–Crippen LogP) is 14.3. The molecule has 6 heteroatoms. The minimum atomic E-state index is -0.00323. The molecule has 0 saturated heterocycles. The molecule has 0 saturated carbocycles. The van der Waals surface area contributed by atoms with Gasteiger partial charge in [0.1, 0.15) is 0 Å². The molecule has 1 N–H and O–H groups in total. The van der Waals surface area contributed by atoms with Crippen LogP contribution in [0.5, 0.6) is 0 Å². The van der Waals surface area contributed by atoms with Crippen LogP contribution in [0.25, 0.3) is 0 Å². The highest BCUT2D eigenvalue weighted by atomic mass is 16.5. The average molecular weight is 766 g/mol. The van der Waals surface area contributed by atoms with Crippen molar-refractivity contribution in [2.75, 3.05) is 32.9 Å². The lowest BCUT2D eigenvalue weighted by molar-refractivity contribution is -0.145. The largest absolute Gasteiger partial charge is 0.466 e. The van der Waals surface area contributed by atoms with Crippen molar-refractivity contribution in [3.05, 3.63) is 0 Å². The molecule has 0 radical (unpaired) electrons. The van der Waals surface area contributed by atoms with Gasteiger partial charge in [0.25, 0.3) is 0 Å². The molecule has 0 rings (SSSR count). The van der Waals surface area contributed by atoms with Gasteiger partial charge in [-0.2, -0.15) is 0 Å². The molecule has 322 valence electrons. The monoisotopic (exact) mass is 766 g/mol. The number of ether oxygens (including phenoxy) is 3. The van der Waals surface area contributed by atoms with Gasteiger partial charge < -0.3 is 19.5 Å². The predicted molar refractivity (Wildman–Crippen MR) is 232 cm³/mol. The third kappa shape index (κ3) is 37.8. The van der Waals surface area contributed by atoms with E-state index >= 15 is 0 Å². The van der Waals surface area contributed by atoms with Crippen molar-refractivity contribution in [1.29, 1.82) is 0 Å². The van der Waals surface area contributed by atoms with Crippen LogP contribution in [-0.4, -0.2) is 51.0 Å². The zero-order chi connectivity index (χ0) is 39.6. The quantitative estimate of drug-likeness (QED) is 0.0492. The molecular formula is C48H95NO5. The molecule has 0 aromatic rings. The maximum atomic E-state index is 12.4. The van der Waals surface area contributed by atoms with Crippen LogP contribution in [0.15, 0.2) is 0 Å². The van der Waals surface area contributed by atoms with Crippen molar-refractivity contribution >= 4 is 11.9 Å². The second kappa shape index (κ2) is 43.0. The van der Waals surface area contributed by atoms with E-state index in [9.17, 15) is 9.59 Å². The van der Waals surface area contributed by atoms with E-state index in [0.717, 1.165) is 77.5 Å². The Bertz CT molecular complexity index is 700. The van der Waals surface area contributed by atoms with E-state index in [1.165, 1.54) is 141 Å². The van der Waals surface area contributed by atoms with Crippen LogP contribution in [0.1, 0.15) is 247 Å². The van der Waals surface area contributed by atoms with Gasteiger partial charge in [0, 0.05) is 19.4 Å². The molecule has 6 nitrogen and oxygen atoms in total. The van der Waals surface area contributed by atoms with Crippen molar-refractivity contribution in [3.63, 3.8) is 0 Å². The van der Waals surface area contributed by atoms with Crippen LogP contribution < -0.4 is 5.32 Å². The van der Waals surface area contributed by atoms with Crippen molar-refractivity contribution in [2.24, 2.45) is 11.8 Å². The zero-order valence-corrected chi connectivity index (χ0v) is 37.1.